The van der Waals surface area contributed by atoms with Crippen LogP contribution in [0.1, 0.15) is 6.42 Å². The fourth-order valence-electron chi connectivity index (χ4n) is 0.705. The van der Waals surface area contributed by atoms with Gasteiger partial charge in [0.25, 0.3) is 5.92 Å². The Morgan fingerprint density at radius 2 is 2.22 bits per heavy atom. The van der Waals surface area contributed by atoms with Crippen molar-refractivity contribution in [1.82, 2.24) is 0 Å². The van der Waals surface area contributed by atoms with Crippen molar-refractivity contribution in [1.29, 1.82) is 0 Å². The van der Waals surface area contributed by atoms with E-state index in [-0.39, 0.29) is 13.0 Å². The molecule has 1 saturated carbocycles. The van der Waals surface area contributed by atoms with Crippen LogP contribution in [-0.4, -0.2) is 18.3 Å². The molecule has 1 rings (SSSR count). The normalized spacial score (nSPS) is 29.9. The average Bonchev–Trinajstić information content (AvgIpc) is 2.38. The van der Waals surface area contributed by atoms with Gasteiger partial charge >= 0.3 is 0 Å². The number of alkyl halides is 2. The van der Waals surface area contributed by atoms with E-state index >= 15 is 0 Å². The second-order valence-corrected chi connectivity index (χ2v) is 2.19. The number of Topliss-reactive ketones (excluding diaryl/α,β-unsaturated/α-hetero) is 1. The Morgan fingerprint density at radius 1 is 1.78 bits per heavy atom. The second kappa shape index (κ2) is 1.73. The van der Waals surface area contributed by atoms with Gasteiger partial charge < -0.3 is 5.73 Å². The number of hydrogen-bond acceptors (Lipinski definition) is 2. The molecule has 1 aliphatic rings. The van der Waals surface area contributed by atoms with Crippen LogP contribution in [0.4, 0.5) is 8.78 Å². The molecule has 0 radical (unpaired) electrons. The summed E-state index contributed by atoms with van der Waals surface area (Å²) in [6.07, 6.45) is -0.303. The molecule has 0 bridgehead atoms. The molecular weight excluding hydrogens is 128 g/mol. The molecule has 0 saturated heterocycles. The van der Waals surface area contributed by atoms with Crippen LogP contribution in [0.2, 0.25) is 0 Å². The zero-order chi connectivity index (χ0) is 7.07. The van der Waals surface area contributed by atoms with Gasteiger partial charge in [0.1, 0.15) is 0 Å². The number of carbonyl (C=O) groups is 1. The highest BCUT2D eigenvalue weighted by atomic mass is 19.3. The number of nitrogens with two attached hydrogens (primary N) is 1. The zero-order valence-electron chi connectivity index (χ0n) is 4.73. The Hall–Kier alpha value is -0.510. The van der Waals surface area contributed by atoms with Crippen LogP contribution >= 0.6 is 0 Å². The second-order valence-electron chi connectivity index (χ2n) is 2.19. The SMILES string of the molecule is NCC(=O)C1CC1(F)F. The van der Waals surface area contributed by atoms with E-state index in [0.717, 1.165) is 0 Å². The standard InChI is InChI=1S/C5H7F2NO/c6-5(7)1-3(5)4(9)2-8/h3H,1-2,8H2. The van der Waals surface area contributed by atoms with Crippen molar-refractivity contribution in [3.05, 3.63) is 0 Å². The summed E-state index contributed by atoms with van der Waals surface area (Å²) in [5, 5.41) is 0. The molecule has 1 fully saturated rings. The van der Waals surface area contributed by atoms with Crippen molar-refractivity contribution in [3.63, 3.8) is 0 Å². The lowest BCUT2D eigenvalue weighted by Crippen LogP contribution is -2.18. The summed E-state index contributed by atoms with van der Waals surface area (Å²) < 4.78 is 23.9. The van der Waals surface area contributed by atoms with Gasteiger partial charge in [-0.15, -0.1) is 0 Å². The first kappa shape index (κ1) is 6.61. The highest BCUT2D eigenvalue weighted by Gasteiger charge is 2.60. The molecule has 0 aromatic carbocycles. The first-order chi connectivity index (χ1) is 4.08. The summed E-state index contributed by atoms with van der Waals surface area (Å²) in [5.74, 6) is -4.33. The molecule has 0 heterocycles. The fourth-order valence-corrected chi connectivity index (χ4v) is 0.705. The number of hydrogen-bond donors (Lipinski definition) is 1. The van der Waals surface area contributed by atoms with Crippen molar-refractivity contribution >= 4 is 5.78 Å². The van der Waals surface area contributed by atoms with E-state index in [1.54, 1.807) is 0 Å². The van der Waals surface area contributed by atoms with Crippen LogP contribution < -0.4 is 5.73 Å². The highest BCUT2D eigenvalue weighted by Crippen LogP contribution is 2.48. The van der Waals surface area contributed by atoms with Gasteiger partial charge in [-0.2, -0.15) is 0 Å². The summed E-state index contributed by atoms with van der Waals surface area (Å²) >= 11 is 0. The van der Waals surface area contributed by atoms with Gasteiger partial charge in [-0.1, -0.05) is 0 Å². The maximum absolute atomic E-state index is 12.0. The summed E-state index contributed by atoms with van der Waals surface area (Å²) in [5.41, 5.74) is 4.85. The molecule has 0 amide bonds. The number of halogens is 2. The lowest BCUT2D eigenvalue weighted by atomic mass is 10.3. The smallest absolute Gasteiger partial charge is 0.258 e. The Labute approximate surface area is 51.0 Å². The molecule has 0 aliphatic heterocycles. The van der Waals surface area contributed by atoms with Crippen molar-refractivity contribution in [3.8, 4) is 0 Å². The minimum atomic E-state index is -2.74. The molecule has 52 valence electrons. The zero-order valence-corrected chi connectivity index (χ0v) is 4.73. The van der Waals surface area contributed by atoms with Crippen LogP contribution in [-0.2, 0) is 4.79 Å². The van der Waals surface area contributed by atoms with Gasteiger partial charge in [-0.25, -0.2) is 8.78 Å². The van der Waals surface area contributed by atoms with E-state index in [1.165, 1.54) is 0 Å². The maximum Gasteiger partial charge on any atom is 0.258 e. The first-order valence-electron chi connectivity index (χ1n) is 2.68. The quantitative estimate of drug-likeness (QED) is 0.586. The largest absolute Gasteiger partial charge is 0.324 e. The monoisotopic (exact) mass is 135 g/mol. The fraction of sp³-hybridized carbons (Fsp3) is 0.800. The molecule has 1 atom stereocenters. The Kier molecular flexibility index (Phi) is 1.27. The molecule has 1 aliphatic carbocycles. The lowest BCUT2D eigenvalue weighted by molar-refractivity contribution is -0.120. The van der Waals surface area contributed by atoms with E-state index in [2.05, 4.69) is 0 Å². The van der Waals surface area contributed by atoms with Crippen molar-refractivity contribution in [2.45, 2.75) is 12.3 Å². The summed E-state index contributed by atoms with van der Waals surface area (Å²) in [7, 11) is 0. The molecule has 0 spiro atoms. The summed E-state index contributed by atoms with van der Waals surface area (Å²) in [6, 6.07) is 0. The third-order valence-electron chi connectivity index (χ3n) is 1.42. The van der Waals surface area contributed by atoms with Crippen LogP contribution in [0.3, 0.4) is 0 Å². The average molecular weight is 135 g/mol. The first-order valence-corrected chi connectivity index (χ1v) is 2.68. The molecule has 0 aromatic rings. The minimum absolute atomic E-state index is 0.264. The molecule has 0 aromatic heterocycles. The van der Waals surface area contributed by atoms with Crippen molar-refractivity contribution in [2.24, 2.45) is 11.7 Å². The van der Waals surface area contributed by atoms with Gasteiger partial charge in [0, 0.05) is 6.42 Å². The molecular formula is C5H7F2NO. The van der Waals surface area contributed by atoms with E-state index < -0.39 is 17.6 Å². The number of ketones is 1. The summed E-state index contributed by atoms with van der Waals surface area (Å²) in [4.78, 5) is 10.4. The molecule has 4 heteroatoms. The van der Waals surface area contributed by atoms with Gasteiger partial charge in [0.2, 0.25) is 0 Å². The van der Waals surface area contributed by atoms with Crippen LogP contribution in [0.5, 0.6) is 0 Å². The van der Waals surface area contributed by atoms with E-state index in [4.69, 9.17) is 5.73 Å². The van der Waals surface area contributed by atoms with E-state index in [9.17, 15) is 13.6 Å². The molecule has 1 unspecified atom stereocenters. The van der Waals surface area contributed by atoms with Gasteiger partial charge in [0.05, 0.1) is 12.5 Å². The van der Waals surface area contributed by atoms with Crippen LogP contribution in [0.25, 0.3) is 0 Å². The molecule has 9 heavy (non-hydrogen) atoms. The minimum Gasteiger partial charge on any atom is -0.324 e. The molecule has 2 N–H and O–H groups in total. The predicted octanol–water partition coefficient (Wildman–Crippen LogP) is 0.169. The summed E-state index contributed by atoms with van der Waals surface area (Å²) in [6.45, 7) is -0.264. The van der Waals surface area contributed by atoms with E-state index in [1.807, 2.05) is 0 Å². The van der Waals surface area contributed by atoms with E-state index in [0.29, 0.717) is 0 Å². The third-order valence-corrected chi connectivity index (χ3v) is 1.42. The Morgan fingerprint density at radius 3 is 2.33 bits per heavy atom. The van der Waals surface area contributed by atoms with Crippen molar-refractivity contribution < 1.29 is 13.6 Å². The van der Waals surface area contributed by atoms with Gasteiger partial charge in [0.15, 0.2) is 5.78 Å². The highest BCUT2D eigenvalue weighted by molar-refractivity contribution is 5.86. The lowest BCUT2D eigenvalue weighted by Gasteiger charge is -1.91. The van der Waals surface area contributed by atoms with Crippen molar-refractivity contribution in [2.75, 3.05) is 6.54 Å². The number of carbonyl (C=O) groups excluding carboxylic acids is 1. The van der Waals surface area contributed by atoms with Gasteiger partial charge in [-0.05, 0) is 0 Å². The Bertz CT molecular complexity index is 146. The topological polar surface area (TPSA) is 43.1 Å². The predicted molar refractivity (Wildman–Crippen MR) is 27.1 cm³/mol. The van der Waals surface area contributed by atoms with Crippen LogP contribution in [0, 0.1) is 5.92 Å². The van der Waals surface area contributed by atoms with Gasteiger partial charge in [-0.3, -0.25) is 4.79 Å². The van der Waals surface area contributed by atoms with Crippen LogP contribution in [0.15, 0.2) is 0 Å². The maximum atomic E-state index is 12.0. The third kappa shape index (κ3) is 1.08. The number of rotatable bonds is 2. The Balaban J connectivity index is 2.42. The molecule has 2 nitrogen and oxygen atoms in total.